The highest BCUT2D eigenvalue weighted by Gasteiger charge is 2.43. The van der Waals surface area contributed by atoms with Gasteiger partial charge < -0.3 is 14.3 Å². The summed E-state index contributed by atoms with van der Waals surface area (Å²) in [7, 11) is -2.98. The van der Waals surface area contributed by atoms with Crippen LogP contribution in [0.3, 0.4) is 0 Å². The van der Waals surface area contributed by atoms with Crippen LogP contribution < -0.4 is 10.6 Å². The van der Waals surface area contributed by atoms with E-state index in [1.165, 1.54) is 19.5 Å². The van der Waals surface area contributed by atoms with Gasteiger partial charge in [-0.2, -0.15) is 5.10 Å². The predicted molar refractivity (Wildman–Crippen MR) is 116 cm³/mol. The summed E-state index contributed by atoms with van der Waals surface area (Å²) < 4.78 is 42.6. The fourth-order valence-electron chi connectivity index (χ4n) is 3.74. The maximum atomic E-state index is 15.2. The smallest absolute Gasteiger partial charge is 0.231 e. The van der Waals surface area contributed by atoms with Crippen molar-refractivity contribution in [2.75, 3.05) is 18.6 Å². The lowest BCUT2D eigenvalue weighted by Crippen LogP contribution is -2.15. The van der Waals surface area contributed by atoms with Gasteiger partial charge in [0.1, 0.15) is 19.0 Å². The van der Waals surface area contributed by atoms with Crippen molar-refractivity contribution >= 4 is 52.3 Å². The number of hydrogen-bond donors (Lipinski definition) is 2. The second-order valence-electron chi connectivity index (χ2n) is 8.02. The highest BCUT2D eigenvalue weighted by molar-refractivity contribution is 7.70. The van der Waals surface area contributed by atoms with Crippen molar-refractivity contribution in [3.05, 3.63) is 41.6 Å². The van der Waals surface area contributed by atoms with Gasteiger partial charge in [0.05, 0.1) is 34.2 Å². The Balaban J connectivity index is 1.61. The number of aromatic amines is 1. The molecule has 3 heterocycles. The number of nitrogens with zero attached hydrogens (tertiary/aromatic N) is 3. The molecule has 3 aromatic heterocycles. The van der Waals surface area contributed by atoms with E-state index in [2.05, 4.69) is 20.5 Å². The van der Waals surface area contributed by atoms with Crippen molar-refractivity contribution in [2.24, 2.45) is 5.92 Å². The molecule has 1 aliphatic rings. The molecule has 31 heavy (non-hydrogen) atoms. The number of anilines is 1. The first kappa shape index (κ1) is 20.2. The average molecular weight is 464 g/mol. The summed E-state index contributed by atoms with van der Waals surface area (Å²) in [5, 5.41) is 9.78. The number of aromatic nitrogens is 4. The summed E-state index contributed by atoms with van der Waals surface area (Å²) in [5.74, 6) is -1.48. The standard InChI is InChI=1S/C20H17ClF2N5O2P/c1-31(2,30)19-17(23)16(21)15(11-6-24-27-18(11)19)9-3-4-14-25-13(8-28(14)7-9)26-20(29)10-5-12(10)22/h3-4,6-8,10,12H,5H2,1-2H3,(H,24,27)(H,26,29)/t10-,12+/m1/s1. The lowest BCUT2D eigenvalue weighted by molar-refractivity contribution is -0.117. The average Bonchev–Trinajstić information content (AvgIpc) is 3.07. The van der Waals surface area contributed by atoms with Crippen molar-refractivity contribution in [3.63, 3.8) is 0 Å². The molecule has 1 fully saturated rings. The van der Waals surface area contributed by atoms with Gasteiger partial charge in [0.25, 0.3) is 0 Å². The number of halogens is 3. The van der Waals surface area contributed by atoms with Crippen LogP contribution in [0.1, 0.15) is 6.42 Å². The van der Waals surface area contributed by atoms with Gasteiger partial charge in [0, 0.05) is 22.7 Å². The van der Waals surface area contributed by atoms with E-state index in [0.29, 0.717) is 33.5 Å². The number of nitrogens with one attached hydrogen (secondary N) is 2. The Morgan fingerprint density at radius 1 is 1.35 bits per heavy atom. The van der Waals surface area contributed by atoms with E-state index in [1.54, 1.807) is 28.9 Å². The molecular formula is C20H17ClF2N5O2P. The maximum Gasteiger partial charge on any atom is 0.231 e. The van der Waals surface area contributed by atoms with Crippen molar-refractivity contribution in [1.29, 1.82) is 0 Å². The molecule has 1 aromatic carbocycles. The van der Waals surface area contributed by atoms with Gasteiger partial charge in [-0.05, 0) is 31.9 Å². The fourth-order valence-corrected chi connectivity index (χ4v) is 5.40. The van der Waals surface area contributed by atoms with Gasteiger partial charge >= 0.3 is 0 Å². The first-order chi connectivity index (χ1) is 14.6. The molecule has 0 radical (unpaired) electrons. The number of imidazole rings is 1. The third kappa shape index (κ3) is 3.32. The second kappa shape index (κ2) is 6.87. The Morgan fingerprint density at radius 2 is 2.10 bits per heavy atom. The largest absolute Gasteiger partial charge is 0.319 e. The molecule has 0 aliphatic heterocycles. The highest BCUT2D eigenvalue weighted by atomic mass is 35.5. The van der Waals surface area contributed by atoms with E-state index in [-0.39, 0.29) is 16.7 Å². The van der Waals surface area contributed by atoms with Gasteiger partial charge in [-0.25, -0.2) is 13.8 Å². The van der Waals surface area contributed by atoms with Crippen LogP contribution in [0.25, 0.3) is 27.7 Å². The molecule has 0 unspecified atom stereocenters. The second-order valence-corrected chi connectivity index (χ2v) is 11.5. The van der Waals surface area contributed by atoms with Gasteiger partial charge in [0.2, 0.25) is 5.91 Å². The van der Waals surface area contributed by atoms with Crippen LogP contribution in [-0.4, -0.2) is 45.0 Å². The van der Waals surface area contributed by atoms with E-state index >= 15 is 4.39 Å². The predicted octanol–water partition coefficient (Wildman–Crippen LogP) is 4.21. The van der Waals surface area contributed by atoms with Crippen molar-refractivity contribution in [2.45, 2.75) is 12.6 Å². The number of carbonyl (C=O) groups excluding carboxylic acids is 1. The number of rotatable bonds is 4. The normalized spacial score (nSPS) is 18.6. The first-order valence-corrected chi connectivity index (χ1v) is 12.5. The zero-order valence-electron chi connectivity index (χ0n) is 16.5. The van der Waals surface area contributed by atoms with Crippen LogP contribution >= 0.6 is 18.7 Å². The Morgan fingerprint density at radius 3 is 2.77 bits per heavy atom. The minimum absolute atomic E-state index is 0.0358. The molecule has 0 spiro atoms. The van der Waals surface area contributed by atoms with E-state index in [0.717, 1.165) is 0 Å². The number of H-pyrrole nitrogens is 1. The number of fused-ring (bicyclic) bond motifs is 2. The van der Waals surface area contributed by atoms with Crippen LogP contribution in [0.5, 0.6) is 0 Å². The maximum absolute atomic E-state index is 15.2. The molecular weight excluding hydrogens is 447 g/mol. The Bertz CT molecular complexity index is 1430. The Kier molecular flexibility index (Phi) is 4.46. The molecule has 0 saturated heterocycles. The Hall–Kier alpha value is -2.77. The molecule has 1 aliphatic carbocycles. The Labute approximate surface area is 180 Å². The zero-order chi connectivity index (χ0) is 22.1. The topological polar surface area (TPSA) is 92.2 Å². The van der Waals surface area contributed by atoms with Crippen molar-refractivity contribution in [3.8, 4) is 11.1 Å². The molecule has 1 amide bonds. The number of hydrogen-bond acceptors (Lipinski definition) is 4. The monoisotopic (exact) mass is 463 g/mol. The van der Waals surface area contributed by atoms with Gasteiger partial charge in [0.15, 0.2) is 11.6 Å². The molecule has 4 aromatic rings. The minimum Gasteiger partial charge on any atom is -0.319 e. The van der Waals surface area contributed by atoms with E-state index in [4.69, 9.17) is 11.6 Å². The minimum atomic E-state index is -2.98. The lowest BCUT2D eigenvalue weighted by atomic mass is 10.0. The van der Waals surface area contributed by atoms with Crippen LogP contribution in [0.15, 0.2) is 30.7 Å². The summed E-state index contributed by atoms with van der Waals surface area (Å²) >= 11 is 6.40. The molecule has 2 N–H and O–H groups in total. The summed E-state index contributed by atoms with van der Waals surface area (Å²) in [6.45, 7) is 2.95. The van der Waals surface area contributed by atoms with Crippen molar-refractivity contribution < 1.29 is 18.1 Å². The molecule has 11 heteroatoms. The first-order valence-electron chi connectivity index (χ1n) is 9.49. The number of pyridine rings is 1. The summed E-state index contributed by atoms with van der Waals surface area (Å²) in [5.41, 5.74) is 1.86. The highest BCUT2D eigenvalue weighted by Crippen LogP contribution is 2.44. The number of carbonyl (C=O) groups is 1. The molecule has 1 saturated carbocycles. The number of benzene rings is 1. The summed E-state index contributed by atoms with van der Waals surface area (Å²) in [4.78, 5) is 16.3. The quantitative estimate of drug-likeness (QED) is 0.443. The van der Waals surface area contributed by atoms with E-state index < -0.39 is 31.0 Å². The zero-order valence-corrected chi connectivity index (χ0v) is 18.1. The van der Waals surface area contributed by atoms with Crippen LogP contribution in [0.2, 0.25) is 5.02 Å². The molecule has 160 valence electrons. The molecule has 7 nitrogen and oxygen atoms in total. The van der Waals surface area contributed by atoms with Gasteiger partial charge in [-0.3, -0.25) is 9.89 Å². The van der Waals surface area contributed by atoms with Crippen LogP contribution in [0.4, 0.5) is 14.6 Å². The van der Waals surface area contributed by atoms with Gasteiger partial charge in [-0.1, -0.05) is 11.6 Å². The van der Waals surface area contributed by atoms with Gasteiger partial charge in [-0.15, -0.1) is 0 Å². The lowest BCUT2D eigenvalue weighted by Gasteiger charge is -2.15. The molecule has 2 atom stereocenters. The summed E-state index contributed by atoms with van der Waals surface area (Å²) in [6, 6.07) is 3.41. The SMILES string of the molecule is CP(C)(=O)c1c(F)c(Cl)c(-c2ccc3nc(NC(=O)[C@@H]4C[C@@H]4F)cn3c2)c2cn[nH]c12. The number of amides is 1. The third-order valence-electron chi connectivity index (χ3n) is 5.34. The molecule has 0 bridgehead atoms. The van der Waals surface area contributed by atoms with Crippen LogP contribution in [0, 0.1) is 11.7 Å². The third-order valence-corrected chi connectivity index (χ3v) is 7.20. The van der Waals surface area contributed by atoms with Crippen molar-refractivity contribution in [1.82, 2.24) is 19.6 Å². The fraction of sp³-hybridized carbons (Fsp3) is 0.250. The summed E-state index contributed by atoms with van der Waals surface area (Å²) in [6.07, 6.45) is 3.93. The van der Waals surface area contributed by atoms with Crippen LogP contribution in [-0.2, 0) is 9.36 Å². The molecule has 5 rings (SSSR count). The van der Waals surface area contributed by atoms with E-state index in [9.17, 15) is 13.8 Å². The number of alkyl halides is 1. The van der Waals surface area contributed by atoms with E-state index in [1.807, 2.05) is 0 Å².